The van der Waals surface area contributed by atoms with Crippen LogP contribution in [0.2, 0.25) is 0 Å². The van der Waals surface area contributed by atoms with Crippen LogP contribution >= 0.6 is 0 Å². The molecule has 0 bridgehead atoms. The number of aromatic nitrogens is 1. The summed E-state index contributed by atoms with van der Waals surface area (Å²) in [7, 11) is 0. The van der Waals surface area contributed by atoms with Crippen LogP contribution in [-0.4, -0.2) is 16.9 Å². The molecule has 1 aliphatic carbocycles. The summed E-state index contributed by atoms with van der Waals surface area (Å²) in [6.07, 6.45) is 2.81. The number of aromatic amines is 1. The second-order valence-corrected chi connectivity index (χ2v) is 7.03. The molecular weight excluding hydrogens is 314 g/mol. The predicted octanol–water partition coefficient (Wildman–Crippen LogP) is 3.31. The molecule has 5 heteroatoms. The minimum Gasteiger partial charge on any atom is -0.378 e. The van der Waals surface area contributed by atoms with Crippen LogP contribution in [0.15, 0.2) is 35.1 Å². The first-order valence-corrected chi connectivity index (χ1v) is 8.84. The quantitative estimate of drug-likeness (QED) is 0.800. The highest BCUT2D eigenvalue weighted by atomic mass is 16.2. The zero-order chi connectivity index (χ0) is 18.0. The van der Waals surface area contributed by atoms with Gasteiger partial charge in [-0.1, -0.05) is 17.7 Å². The normalized spacial score (nSPS) is 16.4. The number of H-pyrrole nitrogens is 1. The minimum absolute atomic E-state index is 0.00980. The summed E-state index contributed by atoms with van der Waals surface area (Å²) < 4.78 is 0. The van der Waals surface area contributed by atoms with Gasteiger partial charge in [-0.25, -0.2) is 0 Å². The lowest BCUT2D eigenvalue weighted by Crippen LogP contribution is -2.35. The van der Waals surface area contributed by atoms with Crippen molar-refractivity contribution >= 4 is 11.6 Å². The molecule has 1 aliphatic rings. The monoisotopic (exact) mass is 339 g/mol. The molecule has 25 heavy (non-hydrogen) atoms. The van der Waals surface area contributed by atoms with Gasteiger partial charge < -0.3 is 15.6 Å². The lowest BCUT2D eigenvalue weighted by atomic mass is 9.90. The zero-order valence-corrected chi connectivity index (χ0v) is 15.0. The molecule has 1 atom stereocenters. The van der Waals surface area contributed by atoms with E-state index < -0.39 is 0 Å². The lowest BCUT2D eigenvalue weighted by Gasteiger charge is -2.27. The van der Waals surface area contributed by atoms with E-state index >= 15 is 0 Å². The van der Waals surface area contributed by atoms with Crippen LogP contribution in [0.25, 0.3) is 0 Å². The second kappa shape index (κ2) is 7.13. The van der Waals surface area contributed by atoms with Crippen LogP contribution in [-0.2, 0) is 6.42 Å². The summed E-state index contributed by atoms with van der Waals surface area (Å²) in [5.74, 6) is -0.321. The minimum atomic E-state index is -0.321. The highest BCUT2D eigenvalue weighted by Crippen LogP contribution is 2.31. The Morgan fingerprint density at radius 2 is 1.96 bits per heavy atom. The summed E-state index contributed by atoms with van der Waals surface area (Å²) in [5.41, 5.74) is 4.08. The van der Waals surface area contributed by atoms with Gasteiger partial charge in [0.1, 0.15) is 5.56 Å². The van der Waals surface area contributed by atoms with Crippen molar-refractivity contribution in [1.82, 2.24) is 10.3 Å². The molecule has 3 rings (SSSR count). The molecule has 5 nitrogen and oxygen atoms in total. The molecule has 0 radical (unpaired) electrons. The summed E-state index contributed by atoms with van der Waals surface area (Å²) >= 11 is 0. The van der Waals surface area contributed by atoms with E-state index in [2.05, 4.69) is 46.8 Å². The van der Waals surface area contributed by atoms with E-state index in [1.54, 1.807) is 6.07 Å². The van der Waals surface area contributed by atoms with Crippen molar-refractivity contribution in [2.24, 2.45) is 0 Å². The van der Waals surface area contributed by atoms with E-state index in [1.807, 2.05) is 13.8 Å². The molecule has 0 unspecified atom stereocenters. The average molecular weight is 339 g/mol. The van der Waals surface area contributed by atoms with Gasteiger partial charge >= 0.3 is 0 Å². The Morgan fingerprint density at radius 1 is 1.24 bits per heavy atom. The van der Waals surface area contributed by atoms with Gasteiger partial charge in [0.05, 0.1) is 6.04 Å². The molecule has 1 aromatic carbocycles. The van der Waals surface area contributed by atoms with Crippen molar-refractivity contribution in [2.45, 2.75) is 52.1 Å². The van der Waals surface area contributed by atoms with Crippen LogP contribution in [0.1, 0.15) is 59.9 Å². The molecule has 132 valence electrons. The van der Waals surface area contributed by atoms with E-state index in [4.69, 9.17) is 0 Å². The van der Waals surface area contributed by atoms with Gasteiger partial charge in [0.2, 0.25) is 0 Å². The molecule has 0 saturated heterocycles. The number of benzene rings is 1. The number of pyridine rings is 1. The van der Waals surface area contributed by atoms with Gasteiger partial charge in [0, 0.05) is 17.4 Å². The smallest absolute Gasteiger partial charge is 0.261 e. The van der Waals surface area contributed by atoms with E-state index in [9.17, 15) is 9.59 Å². The van der Waals surface area contributed by atoms with Gasteiger partial charge in [-0.3, -0.25) is 9.59 Å². The number of anilines is 1. The number of hydrogen-bond donors (Lipinski definition) is 3. The Balaban J connectivity index is 1.92. The van der Waals surface area contributed by atoms with Crippen LogP contribution in [0.3, 0.4) is 0 Å². The zero-order valence-electron chi connectivity index (χ0n) is 15.0. The van der Waals surface area contributed by atoms with Crippen molar-refractivity contribution in [1.29, 1.82) is 0 Å². The Hall–Kier alpha value is -2.56. The summed E-state index contributed by atoms with van der Waals surface area (Å²) in [6, 6.07) is 10.1. The van der Waals surface area contributed by atoms with Gasteiger partial charge in [0.25, 0.3) is 11.5 Å². The summed E-state index contributed by atoms with van der Waals surface area (Å²) in [4.78, 5) is 27.5. The molecular formula is C20H25N3O2. The lowest BCUT2D eigenvalue weighted by molar-refractivity contribution is 0.0941. The SMILES string of the molecule is Cc1ccc(N[C@@H]2CCCc3[nH]c(=O)c(C(=O)NC(C)C)cc32)cc1. The van der Waals surface area contributed by atoms with Crippen molar-refractivity contribution < 1.29 is 4.79 Å². The fourth-order valence-electron chi connectivity index (χ4n) is 3.25. The fraction of sp³-hybridized carbons (Fsp3) is 0.400. The molecule has 0 spiro atoms. The number of hydrogen-bond acceptors (Lipinski definition) is 3. The average Bonchev–Trinajstić information content (AvgIpc) is 2.56. The number of rotatable bonds is 4. The maximum absolute atomic E-state index is 12.3. The molecule has 1 heterocycles. The number of amides is 1. The molecule has 1 amide bonds. The third kappa shape index (κ3) is 3.92. The molecule has 0 fully saturated rings. The van der Waals surface area contributed by atoms with E-state index in [0.29, 0.717) is 0 Å². The first-order chi connectivity index (χ1) is 11.9. The second-order valence-electron chi connectivity index (χ2n) is 7.03. The molecule has 2 aromatic rings. The van der Waals surface area contributed by atoms with Crippen molar-refractivity contribution in [3.8, 4) is 0 Å². The predicted molar refractivity (Wildman–Crippen MR) is 100 cm³/mol. The number of nitrogens with one attached hydrogen (secondary N) is 3. The van der Waals surface area contributed by atoms with Gasteiger partial charge in [-0.2, -0.15) is 0 Å². The van der Waals surface area contributed by atoms with Gasteiger partial charge in [-0.05, 0) is 63.8 Å². The van der Waals surface area contributed by atoms with E-state index in [1.165, 1.54) is 5.56 Å². The third-order valence-electron chi connectivity index (χ3n) is 4.51. The number of aryl methyl sites for hydroxylation is 2. The number of carbonyl (C=O) groups excluding carboxylic acids is 1. The van der Waals surface area contributed by atoms with Crippen LogP contribution in [0.4, 0.5) is 5.69 Å². The van der Waals surface area contributed by atoms with Crippen LogP contribution in [0, 0.1) is 6.92 Å². The maximum atomic E-state index is 12.3. The van der Waals surface area contributed by atoms with Gasteiger partial charge in [0.15, 0.2) is 0 Å². The standard InChI is InChI=1S/C20H25N3O2/c1-12(2)21-19(24)16-11-15-17(5-4-6-18(15)23-20(16)25)22-14-9-7-13(3)8-10-14/h7-12,17,22H,4-6H2,1-3H3,(H,21,24)(H,23,25)/t17-/m1/s1. The molecule has 3 N–H and O–H groups in total. The summed E-state index contributed by atoms with van der Waals surface area (Å²) in [5, 5.41) is 6.33. The van der Waals surface area contributed by atoms with Crippen molar-refractivity contribution in [3.63, 3.8) is 0 Å². The molecule has 0 aliphatic heterocycles. The Kier molecular flexibility index (Phi) is 4.93. The maximum Gasteiger partial charge on any atom is 0.261 e. The Morgan fingerprint density at radius 3 is 2.64 bits per heavy atom. The fourth-order valence-corrected chi connectivity index (χ4v) is 3.25. The topological polar surface area (TPSA) is 74.0 Å². The summed E-state index contributed by atoms with van der Waals surface area (Å²) in [6.45, 7) is 5.82. The first-order valence-electron chi connectivity index (χ1n) is 8.84. The van der Waals surface area contributed by atoms with Gasteiger partial charge in [-0.15, -0.1) is 0 Å². The third-order valence-corrected chi connectivity index (χ3v) is 4.51. The highest BCUT2D eigenvalue weighted by Gasteiger charge is 2.24. The van der Waals surface area contributed by atoms with Crippen LogP contribution in [0.5, 0.6) is 0 Å². The van der Waals surface area contributed by atoms with E-state index in [-0.39, 0.29) is 29.1 Å². The number of carbonyl (C=O) groups is 1. The largest absolute Gasteiger partial charge is 0.378 e. The Bertz CT molecular complexity index is 822. The van der Waals surface area contributed by atoms with E-state index in [0.717, 1.165) is 36.2 Å². The van der Waals surface area contributed by atoms with Crippen LogP contribution < -0.4 is 16.2 Å². The number of fused-ring (bicyclic) bond motifs is 1. The molecule has 0 saturated carbocycles. The van der Waals surface area contributed by atoms with Crippen molar-refractivity contribution in [3.05, 3.63) is 63.1 Å². The highest BCUT2D eigenvalue weighted by molar-refractivity contribution is 5.94. The Labute approximate surface area is 147 Å². The first kappa shape index (κ1) is 17.3. The molecule has 1 aromatic heterocycles. The van der Waals surface area contributed by atoms with Crippen molar-refractivity contribution in [2.75, 3.05) is 5.32 Å².